The molecule has 0 radical (unpaired) electrons. The van der Waals surface area contributed by atoms with Gasteiger partial charge in [0.05, 0.1) is 11.6 Å². The third-order valence-corrected chi connectivity index (χ3v) is 6.47. The largest absolute Gasteiger partial charge is 0.370 e. The highest BCUT2D eigenvalue weighted by molar-refractivity contribution is 6.04. The summed E-state index contributed by atoms with van der Waals surface area (Å²) < 4.78 is 0. The number of carbonyl (C=O) groups is 1. The van der Waals surface area contributed by atoms with Gasteiger partial charge in [0.25, 0.3) is 5.91 Å². The summed E-state index contributed by atoms with van der Waals surface area (Å²) >= 11 is 0. The molecule has 1 N–H and O–H groups in total. The summed E-state index contributed by atoms with van der Waals surface area (Å²) in [5.41, 5.74) is 6.66. The first-order chi connectivity index (χ1) is 16.5. The van der Waals surface area contributed by atoms with Crippen LogP contribution in [0, 0.1) is 18.3 Å². The van der Waals surface area contributed by atoms with Crippen molar-refractivity contribution in [1.29, 1.82) is 5.26 Å². The van der Waals surface area contributed by atoms with Crippen LogP contribution in [-0.4, -0.2) is 44.0 Å². The molecule has 0 aliphatic carbocycles. The van der Waals surface area contributed by atoms with Crippen LogP contribution in [0.3, 0.4) is 0 Å². The van der Waals surface area contributed by atoms with E-state index < -0.39 is 0 Å². The van der Waals surface area contributed by atoms with E-state index in [0.717, 1.165) is 67.8 Å². The number of benzene rings is 3. The predicted octanol–water partition coefficient (Wildman–Crippen LogP) is 5.05. The van der Waals surface area contributed by atoms with Crippen LogP contribution in [0.15, 0.2) is 66.7 Å². The van der Waals surface area contributed by atoms with Crippen LogP contribution in [0.25, 0.3) is 0 Å². The van der Waals surface area contributed by atoms with Gasteiger partial charge in [-0.15, -0.1) is 0 Å². The molecule has 1 amide bonds. The van der Waals surface area contributed by atoms with Gasteiger partial charge in [0, 0.05) is 36.6 Å². The van der Waals surface area contributed by atoms with E-state index in [1.165, 1.54) is 5.69 Å². The second kappa shape index (κ2) is 11.0. The maximum Gasteiger partial charge on any atom is 0.255 e. The number of likely N-dealkylation sites (N-methyl/N-ethyl adjacent to an activating group) is 1. The highest BCUT2D eigenvalue weighted by atomic mass is 16.1. The lowest BCUT2D eigenvalue weighted by atomic mass is 10.00. The number of amides is 1. The summed E-state index contributed by atoms with van der Waals surface area (Å²) in [4.78, 5) is 17.8. The minimum absolute atomic E-state index is 0.0968. The summed E-state index contributed by atoms with van der Waals surface area (Å²) in [6.45, 7) is 6.26. The molecule has 0 bridgehead atoms. The maximum absolute atomic E-state index is 13.1. The molecule has 0 aromatic heterocycles. The van der Waals surface area contributed by atoms with Crippen molar-refractivity contribution in [1.82, 2.24) is 4.90 Å². The average Bonchev–Trinajstić information content (AvgIpc) is 3.08. The van der Waals surface area contributed by atoms with Crippen molar-refractivity contribution in [3.05, 3.63) is 94.5 Å². The molecule has 1 heterocycles. The first kappa shape index (κ1) is 23.5. The molecule has 5 heteroatoms. The van der Waals surface area contributed by atoms with Gasteiger partial charge in [0.1, 0.15) is 0 Å². The van der Waals surface area contributed by atoms with E-state index in [9.17, 15) is 4.79 Å². The Morgan fingerprint density at radius 1 is 0.971 bits per heavy atom. The van der Waals surface area contributed by atoms with E-state index in [1.54, 1.807) is 0 Å². The van der Waals surface area contributed by atoms with Crippen LogP contribution in [0.4, 0.5) is 11.4 Å². The zero-order chi connectivity index (χ0) is 23.9. The molecule has 1 aliphatic heterocycles. The van der Waals surface area contributed by atoms with Crippen molar-refractivity contribution >= 4 is 17.3 Å². The Kier molecular flexibility index (Phi) is 7.61. The Morgan fingerprint density at radius 3 is 2.59 bits per heavy atom. The number of hydrogen-bond acceptors (Lipinski definition) is 4. The van der Waals surface area contributed by atoms with E-state index in [-0.39, 0.29) is 5.91 Å². The molecule has 3 aromatic carbocycles. The second-order valence-corrected chi connectivity index (χ2v) is 9.12. The molecule has 0 unspecified atom stereocenters. The fourth-order valence-corrected chi connectivity index (χ4v) is 4.42. The molecule has 1 saturated heterocycles. The van der Waals surface area contributed by atoms with Crippen molar-refractivity contribution in [3.8, 4) is 6.07 Å². The molecule has 1 aliphatic rings. The van der Waals surface area contributed by atoms with Crippen LogP contribution < -0.4 is 10.2 Å². The molecule has 4 rings (SSSR count). The number of rotatable bonds is 6. The van der Waals surface area contributed by atoms with Crippen LogP contribution in [0.5, 0.6) is 0 Å². The van der Waals surface area contributed by atoms with Crippen LogP contribution in [0.1, 0.15) is 39.0 Å². The Morgan fingerprint density at radius 2 is 1.79 bits per heavy atom. The van der Waals surface area contributed by atoms with Gasteiger partial charge in [-0.05, 0) is 98.9 Å². The van der Waals surface area contributed by atoms with Crippen LogP contribution in [-0.2, 0) is 12.8 Å². The second-order valence-electron chi connectivity index (χ2n) is 9.12. The molecule has 3 aromatic rings. The lowest BCUT2D eigenvalue weighted by molar-refractivity contribution is 0.102. The molecule has 0 atom stereocenters. The van der Waals surface area contributed by atoms with Crippen molar-refractivity contribution in [2.75, 3.05) is 43.4 Å². The lowest BCUT2D eigenvalue weighted by Crippen LogP contribution is -2.28. The smallest absolute Gasteiger partial charge is 0.255 e. The highest BCUT2D eigenvalue weighted by Gasteiger charge is 2.14. The number of carbonyl (C=O) groups excluding carboxylic acids is 1. The number of hydrogen-bond donors (Lipinski definition) is 1. The van der Waals surface area contributed by atoms with Crippen LogP contribution in [0.2, 0.25) is 0 Å². The van der Waals surface area contributed by atoms with Gasteiger partial charge >= 0.3 is 0 Å². The summed E-state index contributed by atoms with van der Waals surface area (Å²) in [7, 11) is 2.17. The normalized spacial score (nSPS) is 14.3. The topological polar surface area (TPSA) is 59.4 Å². The zero-order valence-corrected chi connectivity index (χ0v) is 20.1. The Labute approximate surface area is 202 Å². The third kappa shape index (κ3) is 6.03. The average molecular weight is 453 g/mol. The van der Waals surface area contributed by atoms with E-state index in [4.69, 9.17) is 5.26 Å². The van der Waals surface area contributed by atoms with Gasteiger partial charge in [-0.1, -0.05) is 24.3 Å². The van der Waals surface area contributed by atoms with E-state index in [2.05, 4.69) is 52.5 Å². The molecular weight excluding hydrogens is 420 g/mol. The number of anilines is 2. The Hall–Kier alpha value is -3.62. The molecule has 0 saturated carbocycles. The first-order valence-electron chi connectivity index (χ1n) is 12.0. The van der Waals surface area contributed by atoms with Gasteiger partial charge in [-0.25, -0.2) is 0 Å². The fraction of sp³-hybridized carbons (Fsp3) is 0.310. The number of nitrogens with one attached hydrogen (secondary N) is 1. The molecule has 1 fully saturated rings. The number of nitriles is 1. The van der Waals surface area contributed by atoms with E-state index >= 15 is 0 Å². The standard InChI is InChI=1S/C29H32N4O/c1-22-7-9-25(10-8-23-5-3-6-24(20-23)21-30)28(19-22)31-29(34)26-11-13-27(14-12-26)33-16-4-15-32(2)17-18-33/h3,5-7,9,11-14,19-20H,4,8,10,15-18H2,1-2H3,(H,31,34). The SMILES string of the molecule is Cc1ccc(CCc2cccc(C#N)c2)c(NC(=O)c2ccc(N3CCCN(C)CC3)cc2)c1. The Bertz CT molecular complexity index is 1180. The van der Waals surface area contributed by atoms with E-state index in [0.29, 0.717) is 11.1 Å². The van der Waals surface area contributed by atoms with Gasteiger partial charge in [0.2, 0.25) is 0 Å². The van der Waals surface area contributed by atoms with Crippen LogP contribution >= 0.6 is 0 Å². The molecule has 174 valence electrons. The van der Waals surface area contributed by atoms with Crippen molar-refractivity contribution in [2.45, 2.75) is 26.2 Å². The lowest BCUT2D eigenvalue weighted by Gasteiger charge is -2.23. The summed E-state index contributed by atoms with van der Waals surface area (Å²) in [5.74, 6) is -0.0968. The predicted molar refractivity (Wildman–Crippen MR) is 138 cm³/mol. The molecular formula is C29H32N4O. The minimum Gasteiger partial charge on any atom is -0.370 e. The third-order valence-electron chi connectivity index (χ3n) is 6.47. The zero-order valence-electron chi connectivity index (χ0n) is 20.1. The first-order valence-corrected chi connectivity index (χ1v) is 12.0. The summed E-state index contributed by atoms with van der Waals surface area (Å²) in [5, 5.41) is 12.3. The van der Waals surface area contributed by atoms with Gasteiger partial charge < -0.3 is 15.1 Å². The van der Waals surface area contributed by atoms with Gasteiger partial charge in [-0.3, -0.25) is 4.79 Å². The van der Waals surface area contributed by atoms with Gasteiger partial charge in [-0.2, -0.15) is 5.26 Å². The van der Waals surface area contributed by atoms with Crippen molar-refractivity contribution in [2.24, 2.45) is 0 Å². The Balaban J connectivity index is 1.44. The van der Waals surface area contributed by atoms with E-state index in [1.807, 2.05) is 49.4 Å². The van der Waals surface area contributed by atoms with Crippen molar-refractivity contribution in [3.63, 3.8) is 0 Å². The monoisotopic (exact) mass is 452 g/mol. The highest BCUT2D eigenvalue weighted by Crippen LogP contribution is 2.22. The molecule has 5 nitrogen and oxygen atoms in total. The summed E-state index contributed by atoms with van der Waals surface area (Å²) in [6, 6.07) is 24.0. The molecule has 0 spiro atoms. The van der Waals surface area contributed by atoms with Gasteiger partial charge in [0.15, 0.2) is 0 Å². The number of aryl methyl sites for hydroxylation is 3. The quantitative estimate of drug-likeness (QED) is 0.569. The fourth-order valence-electron chi connectivity index (χ4n) is 4.42. The minimum atomic E-state index is -0.0968. The molecule has 34 heavy (non-hydrogen) atoms. The maximum atomic E-state index is 13.1. The number of nitrogens with zero attached hydrogens (tertiary/aromatic N) is 3. The van der Waals surface area contributed by atoms with Crippen molar-refractivity contribution < 1.29 is 4.79 Å². The summed E-state index contributed by atoms with van der Waals surface area (Å²) in [6.07, 6.45) is 2.74.